The van der Waals surface area contributed by atoms with Gasteiger partial charge in [-0.25, -0.2) is 4.98 Å². The van der Waals surface area contributed by atoms with E-state index in [9.17, 15) is 0 Å². The lowest BCUT2D eigenvalue weighted by molar-refractivity contribution is 0.666. The van der Waals surface area contributed by atoms with Gasteiger partial charge >= 0.3 is 0 Å². The smallest absolute Gasteiger partial charge is 0.134 e. The summed E-state index contributed by atoms with van der Waals surface area (Å²) >= 11 is 0. The topological polar surface area (TPSA) is 17.8 Å². The van der Waals surface area contributed by atoms with Gasteiger partial charge < -0.3 is 4.57 Å². The van der Waals surface area contributed by atoms with E-state index in [1.165, 1.54) is 11.1 Å². The van der Waals surface area contributed by atoms with Gasteiger partial charge in [-0.3, -0.25) is 0 Å². The average molecular weight is 184 g/mol. The highest BCUT2D eigenvalue weighted by Gasteiger charge is 2.20. The summed E-state index contributed by atoms with van der Waals surface area (Å²) < 4.78 is 2.30. The predicted octanol–water partition coefficient (Wildman–Crippen LogP) is 3.01. The minimum atomic E-state index is 0.456. The molecule has 70 valence electrons. The summed E-state index contributed by atoms with van der Waals surface area (Å²) in [6.07, 6.45) is 2.17. The first-order chi connectivity index (χ1) is 6.77. The number of imidazole rings is 1. The van der Waals surface area contributed by atoms with Crippen molar-refractivity contribution in [1.82, 2.24) is 9.55 Å². The van der Waals surface area contributed by atoms with Crippen LogP contribution in [0, 0.1) is 0 Å². The summed E-state index contributed by atoms with van der Waals surface area (Å²) in [5.74, 6) is 1.09. The van der Waals surface area contributed by atoms with Crippen LogP contribution in [0.3, 0.4) is 0 Å². The van der Waals surface area contributed by atoms with Gasteiger partial charge in [0.2, 0.25) is 0 Å². The fourth-order valence-corrected chi connectivity index (χ4v) is 2.10. The van der Waals surface area contributed by atoms with Crippen molar-refractivity contribution < 1.29 is 0 Å². The number of hydrogen-bond acceptors (Lipinski definition) is 1. The third-order valence-corrected chi connectivity index (χ3v) is 3.03. The number of fused-ring (bicyclic) bond motifs is 3. The van der Waals surface area contributed by atoms with Gasteiger partial charge in [-0.2, -0.15) is 0 Å². The maximum atomic E-state index is 4.58. The predicted molar refractivity (Wildman–Crippen MR) is 58.1 cm³/mol. The number of rotatable bonds is 0. The number of allylic oxidation sites excluding steroid dienone is 1. The molecule has 1 aliphatic rings. The molecule has 3 rings (SSSR count). The highest BCUT2D eigenvalue weighted by Crippen LogP contribution is 2.32. The first-order valence-electron chi connectivity index (χ1n) is 4.92. The Kier molecular flexibility index (Phi) is 1.38. The second-order valence-electron chi connectivity index (χ2n) is 3.89. The Hall–Kier alpha value is -1.57. The van der Waals surface area contributed by atoms with Crippen molar-refractivity contribution in [2.24, 2.45) is 0 Å². The molecule has 1 atom stereocenters. The molecule has 0 N–H and O–H groups in total. The molecule has 0 fully saturated rings. The molecule has 2 nitrogen and oxygen atoms in total. The van der Waals surface area contributed by atoms with Gasteiger partial charge in [0.25, 0.3) is 0 Å². The molecule has 0 radical (unpaired) electrons. The monoisotopic (exact) mass is 184 g/mol. The molecule has 0 saturated carbocycles. The van der Waals surface area contributed by atoms with E-state index in [-0.39, 0.29) is 0 Å². The number of hydrogen-bond donors (Lipinski definition) is 0. The van der Waals surface area contributed by atoms with Crippen LogP contribution in [0.4, 0.5) is 0 Å². The number of para-hydroxylation sites is 2. The average Bonchev–Trinajstić information content (AvgIpc) is 2.65. The maximum Gasteiger partial charge on any atom is 0.134 e. The Morgan fingerprint density at radius 3 is 2.93 bits per heavy atom. The van der Waals surface area contributed by atoms with E-state index in [0.717, 1.165) is 11.3 Å². The summed E-state index contributed by atoms with van der Waals surface area (Å²) in [6, 6.07) is 8.76. The fraction of sp³-hybridized carbons (Fsp3) is 0.250. The minimum Gasteiger partial charge on any atom is -0.317 e. The van der Waals surface area contributed by atoms with Gasteiger partial charge in [0.1, 0.15) is 5.82 Å². The molecule has 1 aromatic carbocycles. The van der Waals surface area contributed by atoms with E-state index in [0.29, 0.717) is 6.04 Å². The third-order valence-electron chi connectivity index (χ3n) is 3.03. The Bertz CT molecular complexity index is 534. The van der Waals surface area contributed by atoms with E-state index >= 15 is 0 Å². The van der Waals surface area contributed by atoms with Crippen LogP contribution in [0.1, 0.15) is 25.7 Å². The molecule has 0 saturated heterocycles. The molecule has 0 bridgehead atoms. The summed E-state index contributed by atoms with van der Waals surface area (Å²) in [5, 5.41) is 0. The molecule has 1 aliphatic heterocycles. The molecule has 2 heteroatoms. The van der Waals surface area contributed by atoms with Gasteiger partial charge in [0.15, 0.2) is 0 Å². The van der Waals surface area contributed by atoms with Crippen LogP contribution in [-0.4, -0.2) is 9.55 Å². The van der Waals surface area contributed by atoms with E-state index in [1.54, 1.807) is 0 Å². The van der Waals surface area contributed by atoms with Crippen LogP contribution in [0.5, 0.6) is 0 Å². The number of benzene rings is 1. The van der Waals surface area contributed by atoms with Crippen LogP contribution < -0.4 is 0 Å². The van der Waals surface area contributed by atoms with Crippen LogP contribution >= 0.6 is 0 Å². The van der Waals surface area contributed by atoms with Crippen molar-refractivity contribution in [3.63, 3.8) is 0 Å². The summed E-state index contributed by atoms with van der Waals surface area (Å²) in [4.78, 5) is 4.58. The Labute approximate surface area is 82.9 Å². The summed E-state index contributed by atoms with van der Waals surface area (Å²) in [6.45, 7) is 4.38. The Balaban J connectivity index is 2.39. The van der Waals surface area contributed by atoms with Crippen molar-refractivity contribution in [3.05, 3.63) is 35.7 Å². The van der Waals surface area contributed by atoms with E-state index in [2.05, 4.69) is 47.7 Å². The zero-order chi connectivity index (χ0) is 9.71. The van der Waals surface area contributed by atoms with Gasteiger partial charge in [-0.05, 0) is 37.6 Å². The SMILES string of the molecule is CC1=Cc2nc3ccccc3n2C1C. The lowest BCUT2D eigenvalue weighted by Crippen LogP contribution is -2.01. The molecular weight excluding hydrogens is 172 g/mol. The van der Waals surface area contributed by atoms with Crippen molar-refractivity contribution in [2.75, 3.05) is 0 Å². The first-order valence-corrected chi connectivity index (χ1v) is 4.92. The van der Waals surface area contributed by atoms with Crippen LogP contribution in [0.2, 0.25) is 0 Å². The minimum absolute atomic E-state index is 0.456. The quantitative estimate of drug-likeness (QED) is 0.615. The molecule has 1 unspecified atom stereocenters. The number of aromatic nitrogens is 2. The van der Waals surface area contributed by atoms with E-state index in [4.69, 9.17) is 0 Å². The third kappa shape index (κ3) is 0.830. The molecule has 2 heterocycles. The Morgan fingerprint density at radius 2 is 2.07 bits per heavy atom. The van der Waals surface area contributed by atoms with Gasteiger partial charge in [0, 0.05) is 0 Å². The van der Waals surface area contributed by atoms with E-state index in [1.807, 2.05) is 6.07 Å². The van der Waals surface area contributed by atoms with Crippen molar-refractivity contribution in [2.45, 2.75) is 19.9 Å². The molecule has 14 heavy (non-hydrogen) atoms. The number of nitrogens with zero attached hydrogens (tertiary/aromatic N) is 2. The molecule has 0 amide bonds. The summed E-state index contributed by atoms with van der Waals surface area (Å²) in [5.41, 5.74) is 3.72. The zero-order valence-electron chi connectivity index (χ0n) is 8.36. The lowest BCUT2D eigenvalue weighted by atomic mass is 10.2. The second kappa shape index (κ2) is 2.47. The standard InChI is InChI=1S/C12H12N2/c1-8-7-12-13-10-5-3-4-6-11(10)14(12)9(8)2/h3-7,9H,1-2H3. The van der Waals surface area contributed by atoms with Gasteiger partial charge in [-0.1, -0.05) is 12.1 Å². The molecule has 2 aromatic rings. The maximum absolute atomic E-state index is 4.58. The largest absolute Gasteiger partial charge is 0.317 e. The van der Waals surface area contributed by atoms with Crippen molar-refractivity contribution in [1.29, 1.82) is 0 Å². The molecule has 1 aromatic heterocycles. The van der Waals surface area contributed by atoms with Gasteiger partial charge in [-0.15, -0.1) is 0 Å². The van der Waals surface area contributed by atoms with Crippen molar-refractivity contribution >= 4 is 17.1 Å². The summed E-state index contributed by atoms with van der Waals surface area (Å²) in [7, 11) is 0. The van der Waals surface area contributed by atoms with E-state index < -0.39 is 0 Å². The molecule has 0 spiro atoms. The lowest BCUT2D eigenvalue weighted by Gasteiger charge is -2.09. The molecule has 0 aliphatic carbocycles. The molecular formula is C12H12N2. The first kappa shape index (κ1) is 7.80. The second-order valence-corrected chi connectivity index (χ2v) is 3.89. The van der Waals surface area contributed by atoms with Crippen LogP contribution in [0.25, 0.3) is 17.1 Å². The Morgan fingerprint density at radius 1 is 1.29 bits per heavy atom. The highest BCUT2D eigenvalue weighted by atomic mass is 15.1. The van der Waals surface area contributed by atoms with Gasteiger partial charge in [0.05, 0.1) is 17.1 Å². The van der Waals surface area contributed by atoms with Crippen LogP contribution in [0.15, 0.2) is 29.8 Å². The van der Waals surface area contributed by atoms with Crippen molar-refractivity contribution in [3.8, 4) is 0 Å². The van der Waals surface area contributed by atoms with Crippen LogP contribution in [-0.2, 0) is 0 Å². The fourth-order valence-electron chi connectivity index (χ4n) is 2.10. The highest BCUT2D eigenvalue weighted by molar-refractivity contribution is 5.79. The normalized spacial score (nSPS) is 19.9. The zero-order valence-corrected chi connectivity index (χ0v) is 8.36.